The molecule has 0 radical (unpaired) electrons. The second-order valence-corrected chi connectivity index (χ2v) is 10.3. The fraction of sp³-hybridized carbons (Fsp3) is 0.290. The SMILES string of the molecule is COc1ccc(CCOc2cc3c(cc2OC)CCN(C(=O)NCc2cocn2)C3c2ccc(Cl)cc2C)cc1N. The van der Waals surface area contributed by atoms with Gasteiger partial charge in [0.2, 0.25) is 0 Å². The molecular formula is C31H33ClN4O5. The van der Waals surface area contributed by atoms with Gasteiger partial charge in [0.15, 0.2) is 17.9 Å². The topological polar surface area (TPSA) is 112 Å². The molecule has 5 rings (SSSR count). The number of fused-ring (bicyclic) bond motifs is 1. The molecule has 41 heavy (non-hydrogen) atoms. The number of hydrogen-bond acceptors (Lipinski definition) is 7. The number of oxazole rings is 1. The zero-order valence-corrected chi connectivity index (χ0v) is 24.0. The van der Waals surface area contributed by atoms with Crippen molar-refractivity contribution < 1.29 is 23.4 Å². The highest BCUT2D eigenvalue weighted by Gasteiger charge is 2.34. The zero-order chi connectivity index (χ0) is 28.9. The maximum atomic E-state index is 13.5. The van der Waals surface area contributed by atoms with Crippen LogP contribution in [0.2, 0.25) is 5.02 Å². The third-order valence-corrected chi connectivity index (χ3v) is 7.52. The van der Waals surface area contributed by atoms with E-state index in [1.165, 1.54) is 12.7 Å². The second kappa shape index (κ2) is 12.4. The molecule has 3 aromatic carbocycles. The Bertz CT molecular complexity index is 1530. The summed E-state index contributed by atoms with van der Waals surface area (Å²) in [4.78, 5) is 19.5. The first-order valence-corrected chi connectivity index (χ1v) is 13.7. The van der Waals surface area contributed by atoms with Crippen LogP contribution in [0, 0.1) is 6.92 Å². The summed E-state index contributed by atoms with van der Waals surface area (Å²) in [6, 6.07) is 14.9. The molecule has 3 N–H and O–H groups in total. The number of aryl methyl sites for hydroxylation is 1. The predicted octanol–water partition coefficient (Wildman–Crippen LogP) is 5.71. The maximum absolute atomic E-state index is 13.5. The van der Waals surface area contributed by atoms with Crippen LogP contribution in [-0.4, -0.2) is 43.3 Å². The lowest BCUT2D eigenvalue weighted by molar-refractivity contribution is 0.179. The van der Waals surface area contributed by atoms with E-state index in [-0.39, 0.29) is 18.6 Å². The monoisotopic (exact) mass is 576 g/mol. The van der Waals surface area contributed by atoms with Crippen molar-refractivity contribution in [2.24, 2.45) is 0 Å². The molecule has 10 heteroatoms. The van der Waals surface area contributed by atoms with Crippen LogP contribution in [0.15, 0.2) is 65.6 Å². The van der Waals surface area contributed by atoms with E-state index in [0.29, 0.717) is 59.6 Å². The number of carbonyl (C=O) groups is 1. The van der Waals surface area contributed by atoms with Gasteiger partial charge in [0, 0.05) is 18.0 Å². The van der Waals surface area contributed by atoms with Gasteiger partial charge in [-0.25, -0.2) is 9.78 Å². The number of nitrogens with one attached hydrogen (secondary N) is 1. The number of anilines is 1. The Morgan fingerprint density at radius 2 is 1.93 bits per heavy atom. The number of aromatic nitrogens is 1. The van der Waals surface area contributed by atoms with E-state index in [2.05, 4.69) is 10.3 Å². The first-order valence-electron chi connectivity index (χ1n) is 13.3. The lowest BCUT2D eigenvalue weighted by atomic mass is 9.86. The Kier molecular flexibility index (Phi) is 8.54. The number of benzene rings is 3. The third kappa shape index (κ3) is 6.20. The number of nitrogen functional groups attached to an aromatic ring is 1. The van der Waals surface area contributed by atoms with E-state index >= 15 is 0 Å². The Morgan fingerprint density at radius 1 is 1.10 bits per heavy atom. The van der Waals surface area contributed by atoms with E-state index in [1.54, 1.807) is 14.2 Å². The largest absolute Gasteiger partial charge is 0.495 e. The normalized spacial score (nSPS) is 14.3. The van der Waals surface area contributed by atoms with Gasteiger partial charge >= 0.3 is 6.03 Å². The summed E-state index contributed by atoms with van der Waals surface area (Å²) in [6.07, 6.45) is 4.17. The molecule has 0 spiro atoms. The van der Waals surface area contributed by atoms with Crippen molar-refractivity contribution in [3.05, 3.63) is 99.7 Å². The molecule has 0 aliphatic carbocycles. The maximum Gasteiger partial charge on any atom is 0.318 e. The third-order valence-electron chi connectivity index (χ3n) is 7.29. The van der Waals surface area contributed by atoms with Gasteiger partial charge in [-0.3, -0.25) is 0 Å². The van der Waals surface area contributed by atoms with Gasteiger partial charge in [-0.05, 0) is 77.6 Å². The Morgan fingerprint density at radius 3 is 2.63 bits per heavy atom. The van der Waals surface area contributed by atoms with E-state index in [1.807, 2.05) is 60.4 Å². The summed E-state index contributed by atoms with van der Waals surface area (Å²) in [7, 11) is 3.23. The Labute approximate surface area is 244 Å². The minimum Gasteiger partial charge on any atom is -0.495 e. The number of carbonyl (C=O) groups excluding carboxylic acids is 1. The first-order chi connectivity index (χ1) is 19.9. The average molecular weight is 577 g/mol. The lowest BCUT2D eigenvalue weighted by Gasteiger charge is -2.38. The van der Waals surface area contributed by atoms with Gasteiger partial charge in [0.25, 0.3) is 0 Å². The van der Waals surface area contributed by atoms with Gasteiger partial charge in [-0.1, -0.05) is 23.7 Å². The van der Waals surface area contributed by atoms with Crippen LogP contribution >= 0.6 is 11.6 Å². The summed E-state index contributed by atoms with van der Waals surface area (Å²) >= 11 is 6.30. The fourth-order valence-electron chi connectivity index (χ4n) is 5.21. The smallest absolute Gasteiger partial charge is 0.318 e. The van der Waals surface area contributed by atoms with Gasteiger partial charge in [0.05, 0.1) is 44.8 Å². The van der Waals surface area contributed by atoms with Gasteiger partial charge < -0.3 is 34.6 Å². The molecule has 0 saturated heterocycles. The van der Waals surface area contributed by atoms with E-state index < -0.39 is 0 Å². The van der Waals surface area contributed by atoms with Crippen molar-refractivity contribution in [3.63, 3.8) is 0 Å². The van der Waals surface area contributed by atoms with Crippen LogP contribution in [0.3, 0.4) is 0 Å². The number of ether oxygens (including phenoxy) is 3. The van der Waals surface area contributed by atoms with Gasteiger partial charge in [-0.15, -0.1) is 0 Å². The second-order valence-electron chi connectivity index (χ2n) is 9.86. The molecule has 1 atom stereocenters. The number of amides is 2. The molecule has 1 aliphatic rings. The number of hydrogen-bond donors (Lipinski definition) is 2. The number of urea groups is 1. The number of nitrogens with zero attached hydrogens (tertiary/aromatic N) is 2. The lowest BCUT2D eigenvalue weighted by Crippen LogP contribution is -2.46. The highest BCUT2D eigenvalue weighted by molar-refractivity contribution is 6.30. The molecule has 2 amide bonds. The summed E-state index contributed by atoms with van der Waals surface area (Å²) in [6.45, 7) is 3.19. The van der Waals surface area contributed by atoms with Crippen molar-refractivity contribution in [3.8, 4) is 17.2 Å². The van der Waals surface area contributed by atoms with E-state index in [0.717, 1.165) is 27.8 Å². The van der Waals surface area contributed by atoms with Crippen LogP contribution in [-0.2, 0) is 19.4 Å². The van der Waals surface area contributed by atoms with Gasteiger partial charge in [-0.2, -0.15) is 0 Å². The summed E-state index contributed by atoms with van der Waals surface area (Å²) in [5.74, 6) is 1.90. The Balaban J connectivity index is 1.44. The first kappa shape index (κ1) is 28.2. The molecule has 0 bridgehead atoms. The highest BCUT2D eigenvalue weighted by Crippen LogP contribution is 2.42. The van der Waals surface area contributed by atoms with Gasteiger partial charge in [0.1, 0.15) is 12.0 Å². The molecule has 4 aromatic rings. The van der Waals surface area contributed by atoms with Crippen LogP contribution in [0.4, 0.5) is 10.5 Å². The minimum absolute atomic E-state index is 0.201. The average Bonchev–Trinajstić information content (AvgIpc) is 3.49. The number of halogens is 1. The van der Waals surface area contributed by atoms with Crippen LogP contribution < -0.4 is 25.3 Å². The molecule has 1 aliphatic heterocycles. The molecule has 1 aromatic heterocycles. The van der Waals surface area contributed by atoms with Crippen molar-refractivity contribution in [1.29, 1.82) is 0 Å². The fourth-order valence-corrected chi connectivity index (χ4v) is 5.44. The van der Waals surface area contributed by atoms with Crippen molar-refractivity contribution >= 4 is 23.3 Å². The van der Waals surface area contributed by atoms with Crippen molar-refractivity contribution in [2.45, 2.75) is 32.4 Å². The number of rotatable bonds is 9. The standard InChI is InChI=1S/C31H33ClN4O5/c1-19-12-22(32)5-6-24(19)30-25-15-29(41-11-9-20-4-7-27(38-2)26(33)13-20)28(39-3)14-21(25)8-10-36(30)31(37)34-16-23-17-40-18-35-23/h4-7,12-15,17-18,30H,8-11,16,33H2,1-3H3,(H,34,37). The zero-order valence-electron chi connectivity index (χ0n) is 23.3. The molecule has 0 fully saturated rings. The van der Waals surface area contributed by atoms with Crippen molar-refractivity contribution in [2.75, 3.05) is 33.1 Å². The molecule has 214 valence electrons. The summed E-state index contributed by atoms with van der Waals surface area (Å²) in [5.41, 5.74) is 12.4. The molecule has 0 saturated carbocycles. The highest BCUT2D eigenvalue weighted by atomic mass is 35.5. The Hall–Kier alpha value is -4.37. The van der Waals surface area contributed by atoms with E-state index in [4.69, 9.17) is 36.0 Å². The molecule has 1 unspecified atom stereocenters. The van der Waals surface area contributed by atoms with Crippen LogP contribution in [0.5, 0.6) is 17.2 Å². The quantitative estimate of drug-likeness (QED) is 0.245. The summed E-state index contributed by atoms with van der Waals surface area (Å²) in [5, 5.41) is 3.62. The summed E-state index contributed by atoms with van der Waals surface area (Å²) < 4.78 is 22.3. The molecule has 9 nitrogen and oxygen atoms in total. The molecular weight excluding hydrogens is 544 g/mol. The van der Waals surface area contributed by atoms with Crippen molar-refractivity contribution in [1.82, 2.24) is 15.2 Å². The van der Waals surface area contributed by atoms with E-state index in [9.17, 15) is 4.79 Å². The predicted molar refractivity (Wildman–Crippen MR) is 157 cm³/mol. The number of nitrogens with two attached hydrogens (primary N) is 1. The van der Waals surface area contributed by atoms with Crippen LogP contribution in [0.25, 0.3) is 0 Å². The molecule has 2 heterocycles. The minimum atomic E-state index is -0.358. The number of methoxy groups -OCH3 is 2. The van der Waals surface area contributed by atoms with Crippen LogP contribution in [0.1, 0.15) is 39.6 Å².